The van der Waals surface area contributed by atoms with Gasteiger partial charge in [0.05, 0.1) is 6.33 Å². The van der Waals surface area contributed by atoms with Gasteiger partial charge in [0.15, 0.2) is 23.8 Å². The smallest absolute Gasteiger partial charge is 0.335 e. The first kappa shape index (κ1) is 19.4. The number of aliphatic hydroxyl groups is 3. The van der Waals surface area contributed by atoms with Crippen LogP contribution in [0.25, 0.3) is 11.2 Å². The predicted molar refractivity (Wildman–Crippen MR) is 89.1 cm³/mol. The van der Waals surface area contributed by atoms with Crippen molar-refractivity contribution in [2.45, 2.75) is 37.1 Å². The van der Waals surface area contributed by atoms with Crippen molar-refractivity contribution in [3.8, 4) is 0 Å². The van der Waals surface area contributed by atoms with Gasteiger partial charge in [0.1, 0.15) is 36.8 Å². The number of hydrogen-bond donors (Lipinski definition) is 4. The minimum Gasteiger partial charge on any atom is -0.461 e. The summed E-state index contributed by atoms with van der Waals surface area (Å²) in [5.74, 6) is -0.698. The van der Waals surface area contributed by atoms with Gasteiger partial charge >= 0.3 is 5.97 Å². The van der Waals surface area contributed by atoms with Gasteiger partial charge in [-0.05, 0) is 0 Å². The SMILES string of the molecule is COCCC(O)C(=O)OC[C@H]1O[C@@H](n2cnc3c(N)ncnc32)[C@H](O)[C@@H]1O. The lowest BCUT2D eigenvalue weighted by Crippen LogP contribution is -2.35. The normalized spacial score (nSPS) is 26.4. The summed E-state index contributed by atoms with van der Waals surface area (Å²) >= 11 is 0. The molecule has 0 spiro atoms. The van der Waals surface area contributed by atoms with Gasteiger partial charge in [0.2, 0.25) is 0 Å². The summed E-state index contributed by atoms with van der Waals surface area (Å²) < 4.78 is 16.8. The molecule has 5 N–H and O–H groups in total. The van der Waals surface area contributed by atoms with Crippen LogP contribution >= 0.6 is 0 Å². The first-order chi connectivity index (χ1) is 12.9. The Morgan fingerprint density at radius 2 is 2.15 bits per heavy atom. The molecule has 12 heteroatoms. The van der Waals surface area contributed by atoms with Gasteiger partial charge in [-0.15, -0.1) is 0 Å². The van der Waals surface area contributed by atoms with Crippen molar-refractivity contribution in [3.05, 3.63) is 12.7 Å². The third-order valence-electron chi connectivity index (χ3n) is 4.26. The van der Waals surface area contributed by atoms with Crippen LogP contribution in [0.5, 0.6) is 0 Å². The molecule has 0 aromatic carbocycles. The van der Waals surface area contributed by atoms with E-state index >= 15 is 0 Å². The van der Waals surface area contributed by atoms with E-state index in [1.807, 2.05) is 0 Å². The van der Waals surface area contributed by atoms with Crippen LogP contribution < -0.4 is 5.73 Å². The van der Waals surface area contributed by atoms with E-state index in [0.29, 0.717) is 11.2 Å². The lowest BCUT2D eigenvalue weighted by atomic mass is 10.1. The Kier molecular flexibility index (Phi) is 5.82. The molecule has 0 aliphatic carbocycles. The van der Waals surface area contributed by atoms with Gasteiger partial charge in [0, 0.05) is 20.1 Å². The molecule has 5 atom stereocenters. The van der Waals surface area contributed by atoms with Crippen molar-refractivity contribution in [1.82, 2.24) is 19.5 Å². The summed E-state index contributed by atoms with van der Waals surface area (Å²) in [6.45, 7) is -0.153. The number of ether oxygens (including phenoxy) is 3. The largest absolute Gasteiger partial charge is 0.461 e. The number of aliphatic hydroxyl groups excluding tert-OH is 3. The number of fused-ring (bicyclic) bond motifs is 1. The van der Waals surface area contributed by atoms with Crippen molar-refractivity contribution < 1.29 is 34.3 Å². The number of esters is 1. The zero-order chi connectivity index (χ0) is 19.6. The second-order valence-corrected chi connectivity index (χ2v) is 6.06. The monoisotopic (exact) mass is 383 g/mol. The second kappa shape index (κ2) is 8.10. The molecule has 1 aliphatic heterocycles. The molecular weight excluding hydrogens is 362 g/mol. The quantitative estimate of drug-likeness (QED) is 0.388. The Morgan fingerprint density at radius 3 is 2.89 bits per heavy atom. The fourth-order valence-electron chi connectivity index (χ4n) is 2.76. The van der Waals surface area contributed by atoms with Gasteiger partial charge in [0.25, 0.3) is 0 Å². The maximum absolute atomic E-state index is 11.7. The van der Waals surface area contributed by atoms with E-state index in [1.165, 1.54) is 24.3 Å². The minimum atomic E-state index is -1.35. The van der Waals surface area contributed by atoms with Gasteiger partial charge in [-0.3, -0.25) is 4.57 Å². The Hall–Kier alpha value is -2.38. The molecule has 1 saturated heterocycles. The molecule has 148 valence electrons. The third kappa shape index (κ3) is 3.84. The Balaban J connectivity index is 1.67. The van der Waals surface area contributed by atoms with E-state index in [9.17, 15) is 20.1 Å². The summed E-state index contributed by atoms with van der Waals surface area (Å²) in [7, 11) is 1.45. The van der Waals surface area contributed by atoms with Crippen LogP contribution in [0.15, 0.2) is 12.7 Å². The number of aromatic nitrogens is 4. The number of imidazole rings is 1. The number of nitrogens with two attached hydrogens (primary N) is 1. The average Bonchev–Trinajstić information content (AvgIpc) is 3.21. The third-order valence-corrected chi connectivity index (χ3v) is 4.26. The molecule has 1 unspecified atom stereocenters. The highest BCUT2D eigenvalue weighted by molar-refractivity contribution is 5.81. The van der Waals surface area contributed by atoms with Gasteiger partial charge in [-0.2, -0.15) is 0 Å². The Bertz CT molecular complexity index is 800. The molecule has 0 radical (unpaired) electrons. The van der Waals surface area contributed by atoms with Crippen molar-refractivity contribution in [1.29, 1.82) is 0 Å². The summed E-state index contributed by atoms with van der Waals surface area (Å²) in [5, 5.41) is 30.2. The van der Waals surface area contributed by atoms with Crippen molar-refractivity contribution in [3.63, 3.8) is 0 Å². The summed E-state index contributed by atoms with van der Waals surface area (Å²) in [5.41, 5.74) is 6.39. The lowest BCUT2D eigenvalue weighted by molar-refractivity contribution is -0.160. The summed E-state index contributed by atoms with van der Waals surface area (Å²) in [6.07, 6.45) is -3.32. The molecule has 3 heterocycles. The maximum atomic E-state index is 11.7. The number of anilines is 1. The number of carbonyl (C=O) groups is 1. The van der Waals surface area contributed by atoms with Gasteiger partial charge in [-0.25, -0.2) is 19.7 Å². The topological polar surface area (TPSA) is 175 Å². The minimum absolute atomic E-state index is 0.0802. The predicted octanol–water partition coefficient (Wildman–Crippen LogP) is -2.03. The first-order valence-corrected chi connectivity index (χ1v) is 8.22. The van der Waals surface area contributed by atoms with E-state index in [1.54, 1.807) is 0 Å². The molecule has 2 aromatic heterocycles. The van der Waals surface area contributed by atoms with E-state index in [2.05, 4.69) is 15.0 Å². The van der Waals surface area contributed by atoms with Crippen LogP contribution in [0.1, 0.15) is 12.6 Å². The van der Waals surface area contributed by atoms with Gasteiger partial charge < -0.3 is 35.3 Å². The molecule has 27 heavy (non-hydrogen) atoms. The highest BCUT2D eigenvalue weighted by Crippen LogP contribution is 2.32. The van der Waals surface area contributed by atoms with Crippen molar-refractivity contribution in [2.75, 3.05) is 26.1 Å². The molecule has 0 amide bonds. The standard InChI is InChI=1S/C15H21N5O7/c1-25-3-2-7(21)15(24)26-4-8-10(22)11(23)14(27-8)20-6-19-9-12(16)17-5-18-13(9)20/h5-8,10-11,14,21-23H,2-4H2,1H3,(H2,16,17,18)/t7?,8-,10-,11-,14-/m1/s1. The van der Waals surface area contributed by atoms with Crippen molar-refractivity contribution in [2.24, 2.45) is 0 Å². The van der Waals surface area contributed by atoms with Crippen molar-refractivity contribution >= 4 is 23.0 Å². The van der Waals surface area contributed by atoms with Crippen LogP contribution in [0.2, 0.25) is 0 Å². The highest BCUT2D eigenvalue weighted by Gasteiger charge is 2.45. The summed E-state index contributed by atoms with van der Waals surface area (Å²) in [4.78, 5) is 23.7. The number of rotatable bonds is 7. The molecule has 12 nitrogen and oxygen atoms in total. The van der Waals surface area contributed by atoms with E-state index in [-0.39, 0.29) is 25.5 Å². The molecule has 1 fully saturated rings. The molecule has 3 rings (SSSR count). The van der Waals surface area contributed by atoms with Gasteiger partial charge in [-0.1, -0.05) is 0 Å². The number of hydrogen-bond acceptors (Lipinski definition) is 11. The fourth-order valence-corrected chi connectivity index (χ4v) is 2.76. The number of nitrogen functional groups attached to an aromatic ring is 1. The number of methoxy groups -OCH3 is 1. The van der Waals surface area contributed by atoms with E-state index in [0.717, 1.165) is 0 Å². The van der Waals surface area contributed by atoms with Crippen LogP contribution in [0.3, 0.4) is 0 Å². The Labute approximate surface area is 153 Å². The van der Waals surface area contributed by atoms with Crippen LogP contribution in [0, 0.1) is 0 Å². The van der Waals surface area contributed by atoms with E-state index in [4.69, 9.17) is 19.9 Å². The maximum Gasteiger partial charge on any atom is 0.335 e. The molecular formula is C15H21N5O7. The summed E-state index contributed by atoms with van der Waals surface area (Å²) in [6, 6.07) is 0. The molecule has 0 saturated carbocycles. The lowest BCUT2D eigenvalue weighted by Gasteiger charge is -2.17. The molecule has 1 aliphatic rings. The zero-order valence-corrected chi connectivity index (χ0v) is 14.5. The Morgan fingerprint density at radius 1 is 1.37 bits per heavy atom. The van der Waals surface area contributed by atoms with Crippen LogP contribution in [-0.4, -0.2) is 85.5 Å². The fraction of sp³-hybridized carbons (Fsp3) is 0.600. The second-order valence-electron chi connectivity index (χ2n) is 6.06. The number of carbonyl (C=O) groups excluding carboxylic acids is 1. The van der Waals surface area contributed by atoms with Crippen LogP contribution in [-0.2, 0) is 19.0 Å². The molecule has 0 bridgehead atoms. The first-order valence-electron chi connectivity index (χ1n) is 8.22. The van der Waals surface area contributed by atoms with Crippen LogP contribution in [0.4, 0.5) is 5.82 Å². The average molecular weight is 383 g/mol. The molecule has 2 aromatic rings. The van der Waals surface area contributed by atoms with E-state index < -0.39 is 36.6 Å². The zero-order valence-electron chi connectivity index (χ0n) is 14.5. The number of nitrogens with zero attached hydrogens (tertiary/aromatic N) is 4. The highest BCUT2D eigenvalue weighted by atomic mass is 16.6.